The normalized spacial score (nSPS) is 11.4. The standard InChI is InChI=1S/C29H30/c1-19(2)18-27-26-17-11-10-16-25(26)22(5)28(23-14-8-6-12-20(23)3)29(27)24-15-9-7-13-21(24)4/h6-17,19H,18H2,1-5H3. The van der Waals surface area contributed by atoms with Crippen LogP contribution in [0.25, 0.3) is 33.0 Å². The van der Waals surface area contributed by atoms with Crippen LogP contribution in [0.3, 0.4) is 0 Å². The van der Waals surface area contributed by atoms with E-state index in [9.17, 15) is 0 Å². The second kappa shape index (κ2) is 7.87. The predicted molar refractivity (Wildman–Crippen MR) is 128 cm³/mol. The molecule has 0 amide bonds. The number of aryl methyl sites for hydroxylation is 3. The van der Waals surface area contributed by atoms with Crippen LogP contribution in [0.2, 0.25) is 0 Å². The number of fused-ring (bicyclic) bond motifs is 1. The average molecular weight is 379 g/mol. The molecule has 0 aliphatic rings. The quantitative estimate of drug-likeness (QED) is 0.335. The lowest BCUT2D eigenvalue weighted by atomic mass is 9.79. The fraction of sp³-hybridized carbons (Fsp3) is 0.241. The molecule has 0 atom stereocenters. The molecule has 29 heavy (non-hydrogen) atoms. The predicted octanol–water partition coefficient (Wildman–Crippen LogP) is 8.30. The van der Waals surface area contributed by atoms with Crippen molar-refractivity contribution < 1.29 is 0 Å². The molecular weight excluding hydrogens is 348 g/mol. The van der Waals surface area contributed by atoms with E-state index in [1.807, 2.05) is 0 Å². The minimum Gasteiger partial charge on any atom is -0.0625 e. The van der Waals surface area contributed by atoms with E-state index in [1.54, 1.807) is 0 Å². The van der Waals surface area contributed by atoms with Gasteiger partial charge in [0.25, 0.3) is 0 Å². The van der Waals surface area contributed by atoms with E-state index in [0.29, 0.717) is 5.92 Å². The molecule has 0 aromatic heterocycles. The number of hydrogen-bond acceptors (Lipinski definition) is 0. The Hall–Kier alpha value is -2.86. The first kappa shape index (κ1) is 19.5. The Kier molecular flexibility index (Phi) is 5.28. The van der Waals surface area contributed by atoms with Crippen LogP contribution < -0.4 is 0 Å². The summed E-state index contributed by atoms with van der Waals surface area (Å²) in [4.78, 5) is 0. The zero-order valence-corrected chi connectivity index (χ0v) is 18.2. The SMILES string of the molecule is Cc1ccccc1-c1c(-c2ccccc2C)c(CC(C)C)c2ccccc2c1C. The van der Waals surface area contributed by atoms with Crippen LogP contribution in [0.5, 0.6) is 0 Å². The first-order chi connectivity index (χ1) is 14.0. The third kappa shape index (κ3) is 3.49. The van der Waals surface area contributed by atoms with E-state index in [2.05, 4.69) is 107 Å². The highest BCUT2D eigenvalue weighted by atomic mass is 14.2. The van der Waals surface area contributed by atoms with Gasteiger partial charge >= 0.3 is 0 Å². The van der Waals surface area contributed by atoms with Gasteiger partial charge < -0.3 is 0 Å². The highest BCUT2D eigenvalue weighted by Crippen LogP contribution is 2.45. The summed E-state index contributed by atoms with van der Waals surface area (Å²) >= 11 is 0. The maximum atomic E-state index is 2.32. The monoisotopic (exact) mass is 378 g/mol. The third-order valence-corrected chi connectivity index (χ3v) is 6.02. The highest BCUT2D eigenvalue weighted by Gasteiger charge is 2.22. The molecule has 4 aromatic carbocycles. The molecule has 0 aliphatic heterocycles. The van der Waals surface area contributed by atoms with Crippen molar-refractivity contribution in [3.05, 3.63) is 95.1 Å². The summed E-state index contributed by atoms with van der Waals surface area (Å²) in [6, 6.07) is 26.6. The van der Waals surface area contributed by atoms with Crippen LogP contribution in [-0.2, 0) is 6.42 Å². The summed E-state index contributed by atoms with van der Waals surface area (Å²) in [5.74, 6) is 0.591. The fourth-order valence-corrected chi connectivity index (χ4v) is 4.64. The zero-order valence-electron chi connectivity index (χ0n) is 18.2. The van der Waals surface area contributed by atoms with Crippen LogP contribution in [0, 0.1) is 26.7 Å². The summed E-state index contributed by atoms with van der Waals surface area (Å²) in [7, 11) is 0. The Bertz CT molecular complexity index is 1180. The van der Waals surface area contributed by atoms with E-state index in [1.165, 1.54) is 55.3 Å². The number of benzene rings is 4. The van der Waals surface area contributed by atoms with E-state index in [0.717, 1.165) is 6.42 Å². The van der Waals surface area contributed by atoms with Gasteiger partial charge in [0, 0.05) is 0 Å². The van der Waals surface area contributed by atoms with Crippen molar-refractivity contribution in [3.8, 4) is 22.3 Å². The Morgan fingerprint density at radius 3 is 1.62 bits per heavy atom. The summed E-state index contributed by atoms with van der Waals surface area (Å²) in [6.45, 7) is 11.4. The third-order valence-electron chi connectivity index (χ3n) is 6.02. The lowest BCUT2D eigenvalue weighted by Crippen LogP contribution is -2.04. The fourth-order valence-electron chi connectivity index (χ4n) is 4.64. The van der Waals surface area contributed by atoms with E-state index in [4.69, 9.17) is 0 Å². The lowest BCUT2D eigenvalue weighted by Gasteiger charge is -2.24. The van der Waals surface area contributed by atoms with Crippen LogP contribution in [0.1, 0.15) is 36.1 Å². The smallest absolute Gasteiger partial charge is 0.00614 e. The van der Waals surface area contributed by atoms with Crippen molar-refractivity contribution in [2.75, 3.05) is 0 Å². The molecule has 0 saturated carbocycles. The van der Waals surface area contributed by atoms with Gasteiger partial charge in [-0.2, -0.15) is 0 Å². The zero-order chi connectivity index (χ0) is 20.5. The van der Waals surface area contributed by atoms with Gasteiger partial charge in [-0.05, 0) is 88.4 Å². The van der Waals surface area contributed by atoms with Crippen LogP contribution in [-0.4, -0.2) is 0 Å². The van der Waals surface area contributed by atoms with E-state index in [-0.39, 0.29) is 0 Å². The maximum absolute atomic E-state index is 2.32. The van der Waals surface area contributed by atoms with Crippen LogP contribution >= 0.6 is 0 Å². The topological polar surface area (TPSA) is 0 Å². The Morgan fingerprint density at radius 2 is 1.07 bits per heavy atom. The molecule has 4 rings (SSSR count). The van der Waals surface area contributed by atoms with Crippen LogP contribution in [0.4, 0.5) is 0 Å². The molecule has 0 spiro atoms. The second-order valence-electron chi connectivity index (χ2n) is 8.63. The molecule has 0 nitrogen and oxygen atoms in total. The summed E-state index contributed by atoms with van der Waals surface area (Å²) in [6.07, 6.45) is 1.07. The largest absolute Gasteiger partial charge is 0.0625 e. The highest BCUT2D eigenvalue weighted by molar-refractivity contribution is 6.04. The van der Waals surface area contributed by atoms with Crippen LogP contribution in [0.15, 0.2) is 72.8 Å². The van der Waals surface area contributed by atoms with Crippen molar-refractivity contribution >= 4 is 10.8 Å². The van der Waals surface area contributed by atoms with Crippen molar-refractivity contribution in [2.45, 2.75) is 41.0 Å². The van der Waals surface area contributed by atoms with Gasteiger partial charge in [-0.3, -0.25) is 0 Å². The summed E-state index contributed by atoms with van der Waals surface area (Å²) in [5.41, 5.74) is 11.0. The molecule has 4 aromatic rings. The first-order valence-corrected chi connectivity index (χ1v) is 10.6. The maximum Gasteiger partial charge on any atom is -0.00614 e. The van der Waals surface area contributed by atoms with Crippen molar-refractivity contribution in [1.29, 1.82) is 0 Å². The molecule has 0 radical (unpaired) electrons. The van der Waals surface area contributed by atoms with Gasteiger partial charge in [-0.25, -0.2) is 0 Å². The van der Waals surface area contributed by atoms with Gasteiger partial charge in [0.1, 0.15) is 0 Å². The molecule has 146 valence electrons. The average Bonchev–Trinajstić information content (AvgIpc) is 2.71. The van der Waals surface area contributed by atoms with Gasteiger partial charge in [-0.15, -0.1) is 0 Å². The molecule has 0 heterocycles. The molecule has 0 bridgehead atoms. The Balaban J connectivity index is 2.24. The van der Waals surface area contributed by atoms with Gasteiger partial charge in [0.05, 0.1) is 0 Å². The Morgan fingerprint density at radius 1 is 0.586 bits per heavy atom. The minimum atomic E-state index is 0.591. The first-order valence-electron chi connectivity index (χ1n) is 10.6. The second-order valence-corrected chi connectivity index (χ2v) is 8.63. The van der Waals surface area contributed by atoms with Gasteiger partial charge in [-0.1, -0.05) is 86.6 Å². The molecule has 0 heteroatoms. The van der Waals surface area contributed by atoms with E-state index < -0.39 is 0 Å². The lowest BCUT2D eigenvalue weighted by molar-refractivity contribution is 0.651. The minimum absolute atomic E-state index is 0.591. The van der Waals surface area contributed by atoms with Gasteiger partial charge in [0.2, 0.25) is 0 Å². The Labute approximate surface area is 175 Å². The number of hydrogen-bond donors (Lipinski definition) is 0. The number of rotatable bonds is 4. The van der Waals surface area contributed by atoms with Crippen molar-refractivity contribution in [3.63, 3.8) is 0 Å². The molecular formula is C29H30. The molecule has 0 fully saturated rings. The van der Waals surface area contributed by atoms with Gasteiger partial charge in [0.15, 0.2) is 0 Å². The molecule has 0 saturated heterocycles. The van der Waals surface area contributed by atoms with E-state index >= 15 is 0 Å². The summed E-state index contributed by atoms with van der Waals surface area (Å²) in [5, 5.41) is 2.77. The molecule has 0 aliphatic carbocycles. The molecule has 0 unspecified atom stereocenters. The van der Waals surface area contributed by atoms with Crippen molar-refractivity contribution in [1.82, 2.24) is 0 Å². The molecule has 0 N–H and O–H groups in total. The van der Waals surface area contributed by atoms with Crippen molar-refractivity contribution in [2.24, 2.45) is 5.92 Å². The summed E-state index contributed by atoms with van der Waals surface area (Å²) < 4.78 is 0.